The highest BCUT2D eigenvalue weighted by molar-refractivity contribution is 6.30. The summed E-state index contributed by atoms with van der Waals surface area (Å²) in [5.41, 5.74) is 7.19. The molecule has 0 saturated heterocycles. The normalized spacial score (nSPS) is 10.7. The summed E-state index contributed by atoms with van der Waals surface area (Å²) in [6, 6.07) is 11.3. The Morgan fingerprint density at radius 3 is 2.65 bits per heavy atom. The molecule has 0 aliphatic carbocycles. The van der Waals surface area contributed by atoms with Crippen molar-refractivity contribution in [2.45, 2.75) is 0 Å². The summed E-state index contributed by atoms with van der Waals surface area (Å²) in [6.45, 7) is 0. The smallest absolute Gasteiger partial charge is 0.261 e. The van der Waals surface area contributed by atoms with Crippen LogP contribution in [0.15, 0.2) is 47.0 Å². The molecule has 0 bridgehead atoms. The molecule has 2 N–H and O–H groups in total. The predicted molar refractivity (Wildman–Crippen MR) is 74.6 cm³/mol. The van der Waals surface area contributed by atoms with Gasteiger partial charge in [-0.05, 0) is 30.3 Å². The number of para-hydroxylation sites is 1. The molecule has 0 aliphatic rings. The van der Waals surface area contributed by atoms with E-state index in [0.717, 1.165) is 0 Å². The number of halogens is 2. The highest BCUT2D eigenvalue weighted by Gasteiger charge is 2.15. The van der Waals surface area contributed by atoms with Gasteiger partial charge in [-0.1, -0.05) is 28.9 Å². The van der Waals surface area contributed by atoms with E-state index in [9.17, 15) is 4.39 Å². The number of hydrogen-bond donors (Lipinski definition) is 1. The van der Waals surface area contributed by atoms with Crippen molar-refractivity contribution < 1.29 is 8.91 Å². The van der Waals surface area contributed by atoms with Crippen LogP contribution in [0.25, 0.3) is 22.8 Å². The first-order valence-corrected chi connectivity index (χ1v) is 6.17. The fourth-order valence-corrected chi connectivity index (χ4v) is 1.96. The average molecular weight is 290 g/mol. The van der Waals surface area contributed by atoms with E-state index >= 15 is 0 Å². The third-order valence-corrected chi connectivity index (χ3v) is 3.02. The van der Waals surface area contributed by atoms with Gasteiger partial charge in [-0.25, -0.2) is 4.39 Å². The number of nitrogens with two attached hydrogens (primary N) is 1. The second-order valence-corrected chi connectivity index (χ2v) is 4.57. The van der Waals surface area contributed by atoms with E-state index < -0.39 is 5.82 Å². The lowest BCUT2D eigenvalue weighted by Crippen LogP contribution is -1.90. The SMILES string of the molecule is Nc1ccccc1-c1noc(-c2ccc(Cl)cc2F)n1. The second-order valence-electron chi connectivity index (χ2n) is 4.13. The molecule has 20 heavy (non-hydrogen) atoms. The lowest BCUT2D eigenvalue weighted by molar-refractivity contribution is 0.429. The lowest BCUT2D eigenvalue weighted by atomic mass is 10.1. The Hall–Kier alpha value is -2.40. The molecular weight excluding hydrogens is 281 g/mol. The van der Waals surface area contributed by atoms with Gasteiger partial charge >= 0.3 is 0 Å². The maximum absolute atomic E-state index is 13.8. The molecule has 0 amide bonds. The standard InChI is InChI=1S/C14H9ClFN3O/c15-8-5-6-9(11(16)7-8)14-18-13(19-20-14)10-3-1-2-4-12(10)17/h1-7H,17H2. The minimum atomic E-state index is -0.520. The number of aromatic nitrogens is 2. The van der Waals surface area contributed by atoms with Gasteiger partial charge in [-0.2, -0.15) is 4.98 Å². The summed E-state index contributed by atoms with van der Waals surface area (Å²) in [4.78, 5) is 4.16. The zero-order chi connectivity index (χ0) is 14.1. The van der Waals surface area contributed by atoms with Gasteiger partial charge in [0, 0.05) is 16.3 Å². The van der Waals surface area contributed by atoms with E-state index in [4.69, 9.17) is 21.9 Å². The molecule has 3 aromatic rings. The Morgan fingerprint density at radius 1 is 1.10 bits per heavy atom. The maximum atomic E-state index is 13.8. The molecule has 1 aromatic heterocycles. The fourth-order valence-electron chi connectivity index (χ4n) is 1.81. The number of anilines is 1. The van der Waals surface area contributed by atoms with Gasteiger partial charge in [0.2, 0.25) is 5.82 Å². The van der Waals surface area contributed by atoms with E-state index in [-0.39, 0.29) is 11.5 Å². The van der Waals surface area contributed by atoms with Crippen molar-refractivity contribution in [3.05, 3.63) is 53.3 Å². The summed E-state index contributed by atoms with van der Waals surface area (Å²) in [7, 11) is 0. The van der Waals surface area contributed by atoms with Gasteiger partial charge in [-0.15, -0.1) is 0 Å². The summed E-state index contributed by atoms with van der Waals surface area (Å²) in [5, 5.41) is 4.13. The molecule has 100 valence electrons. The molecule has 6 heteroatoms. The van der Waals surface area contributed by atoms with E-state index in [0.29, 0.717) is 22.1 Å². The number of nitrogens with zero attached hydrogens (tertiary/aromatic N) is 2. The van der Waals surface area contributed by atoms with E-state index in [2.05, 4.69) is 10.1 Å². The molecule has 0 aliphatic heterocycles. The van der Waals surface area contributed by atoms with Gasteiger partial charge in [0.25, 0.3) is 5.89 Å². The lowest BCUT2D eigenvalue weighted by Gasteiger charge is -1.98. The van der Waals surface area contributed by atoms with Gasteiger partial charge in [0.15, 0.2) is 0 Å². The zero-order valence-corrected chi connectivity index (χ0v) is 10.9. The molecule has 0 fully saturated rings. The number of hydrogen-bond acceptors (Lipinski definition) is 4. The predicted octanol–water partition coefficient (Wildman–Crippen LogP) is 3.78. The Morgan fingerprint density at radius 2 is 1.90 bits per heavy atom. The van der Waals surface area contributed by atoms with Crippen LogP contribution >= 0.6 is 11.6 Å². The molecule has 0 radical (unpaired) electrons. The van der Waals surface area contributed by atoms with Crippen LogP contribution in [0, 0.1) is 5.82 Å². The van der Waals surface area contributed by atoms with Crippen molar-refractivity contribution in [3.63, 3.8) is 0 Å². The Bertz CT molecular complexity index is 773. The largest absolute Gasteiger partial charge is 0.398 e. The quantitative estimate of drug-likeness (QED) is 0.729. The molecule has 3 rings (SSSR count). The number of benzene rings is 2. The molecule has 0 atom stereocenters. The zero-order valence-electron chi connectivity index (χ0n) is 10.2. The first-order valence-electron chi connectivity index (χ1n) is 5.79. The number of rotatable bonds is 2. The van der Waals surface area contributed by atoms with Crippen molar-refractivity contribution in [2.75, 3.05) is 5.73 Å². The van der Waals surface area contributed by atoms with Crippen LogP contribution in [0.1, 0.15) is 0 Å². The molecule has 0 spiro atoms. The van der Waals surface area contributed by atoms with Gasteiger partial charge in [-0.3, -0.25) is 0 Å². The van der Waals surface area contributed by atoms with Crippen LogP contribution in [0.3, 0.4) is 0 Å². The Balaban J connectivity index is 2.04. The summed E-state index contributed by atoms with van der Waals surface area (Å²) in [5.74, 6) is -0.126. The summed E-state index contributed by atoms with van der Waals surface area (Å²) in [6.07, 6.45) is 0. The summed E-state index contributed by atoms with van der Waals surface area (Å²) < 4.78 is 18.9. The number of nitrogen functional groups attached to an aromatic ring is 1. The minimum Gasteiger partial charge on any atom is -0.398 e. The molecule has 1 heterocycles. The van der Waals surface area contributed by atoms with Crippen molar-refractivity contribution >= 4 is 17.3 Å². The van der Waals surface area contributed by atoms with Crippen molar-refractivity contribution in [1.29, 1.82) is 0 Å². The molecular formula is C14H9ClFN3O. The van der Waals surface area contributed by atoms with Crippen LogP contribution in [0.5, 0.6) is 0 Å². The second kappa shape index (κ2) is 4.94. The Labute approximate surface area is 119 Å². The fraction of sp³-hybridized carbons (Fsp3) is 0. The monoisotopic (exact) mass is 289 g/mol. The first-order chi connectivity index (χ1) is 9.65. The highest BCUT2D eigenvalue weighted by Crippen LogP contribution is 2.28. The van der Waals surface area contributed by atoms with E-state index in [1.165, 1.54) is 12.1 Å². The van der Waals surface area contributed by atoms with Crippen LogP contribution in [0.4, 0.5) is 10.1 Å². The van der Waals surface area contributed by atoms with E-state index in [1.807, 2.05) is 6.07 Å². The van der Waals surface area contributed by atoms with Crippen molar-refractivity contribution in [1.82, 2.24) is 10.1 Å². The third-order valence-electron chi connectivity index (χ3n) is 2.79. The summed E-state index contributed by atoms with van der Waals surface area (Å²) >= 11 is 5.70. The molecule has 0 saturated carbocycles. The van der Waals surface area contributed by atoms with Crippen molar-refractivity contribution in [3.8, 4) is 22.8 Å². The third kappa shape index (κ3) is 2.23. The van der Waals surface area contributed by atoms with Crippen LogP contribution in [-0.2, 0) is 0 Å². The molecule has 2 aromatic carbocycles. The van der Waals surface area contributed by atoms with Gasteiger partial charge < -0.3 is 10.3 Å². The van der Waals surface area contributed by atoms with E-state index in [1.54, 1.807) is 24.3 Å². The van der Waals surface area contributed by atoms with Crippen molar-refractivity contribution in [2.24, 2.45) is 0 Å². The molecule has 4 nitrogen and oxygen atoms in total. The van der Waals surface area contributed by atoms with Gasteiger partial charge in [0.1, 0.15) is 5.82 Å². The van der Waals surface area contributed by atoms with Crippen LogP contribution in [0.2, 0.25) is 5.02 Å². The van der Waals surface area contributed by atoms with Gasteiger partial charge in [0.05, 0.1) is 5.56 Å². The Kier molecular flexibility index (Phi) is 3.12. The highest BCUT2D eigenvalue weighted by atomic mass is 35.5. The first kappa shape index (κ1) is 12.6. The maximum Gasteiger partial charge on any atom is 0.261 e. The minimum absolute atomic E-state index is 0.0809. The molecule has 0 unspecified atom stereocenters. The average Bonchev–Trinajstić information content (AvgIpc) is 2.88. The van der Waals surface area contributed by atoms with Crippen LogP contribution < -0.4 is 5.73 Å². The topological polar surface area (TPSA) is 64.9 Å². The van der Waals surface area contributed by atoms with Crippen LogP contribution in [-0.4, -0.2) is 10.1 Å².